The molecule has 0 aliphatic carbocycles. The van der Waals surface area contributed by atoms with Crippen molar-refractivity contribution >= 4 is 21.4 Å². The Labute approximate surface area is 63.5 Å². The van der Waals surface area contributed by atoms with Crippen molar-refractivity contribution in [2.45, 2.75) is 4.21 Å². The van der Waals surface area contributed by atoms with Crippen LogP contribution in [0.5, 0.6) is 0 Å². The van der Waals surface area contributed by atoms with Gasteiger partial charge in [0.1, 0.15) is 4.21 Å². The van der Waals surface area contributed by atoms with Crippen molar-refractivity contribution < 1.29 is 8.42 Å². The molecule has 1 aromatic rings. The largest absolute Gasteiger partial charge is 0.247 e. The molecule has 0 aliphatic rings. The molecule has 0 spiro atoms. The fourth-order valence-electron chi connectivity index (χ4n) is 0.511. The maximum Gasteiger partial charge on any atom is 0.247 e. The summed E-state index contributed by atoms with van der Waals surface area (Å²) in [6.45, 7) is 3.55. The molecule has 2 N–H and O–H groups in total. The summed E-state index contributed by atoms with van der Waals surface area (Å²) in [5.41, 5.74) is 0. The van der Waals surface area contributed by atoms with Gasteiger partial charge in [-0.1, -0.05) is 0 Å². The van der Waals surface area contributed by atoms with Crippen molar-refractivity contribution in [2.24, 2.45) is 5.14 Å². The van der Waals surface area contributed by atoms with Crippen molar-refractivity contribution in [3.63, 3.8) is 0 Å². The summed E-state index contributed by atoms with van der Waals surface area (Å²) >= 11 is 1.07. The van der Waals surface area contributed by atoms with Gasteiger partial charge < -0.3 is 0 Å². The second-order valence-corrected chi connectivity index (χ2v) is 4.72. The molecule has 0 fully saturated rings. The number of primary sulfonamides is 1. The molecule has 0 unspecified atom stereocenters. The highest BCUT2D eigenvalue weighted by atomic mass is 32.2. The van der Waals surface area contributed by atoms with Crippen LogP contribution in [0.3, 0.4) is 0 Å². The Morgan fingerprint density at radius 2 is 2.10 bits per heavy atom. The first kappa shape index (κ1) is 7.71. The summed E-state index contributed by atoms with van der Waals surface area (Å²) in [6, 6.07) is 3.06. The van der Waals surface area contributed by atoms with Crippen molar-refractivity contribution in [1.82, 2.24) is 0 Å². The summed E-state index contributed by atoms with van der Waals surface area (Å²) in [6.07, 6.45) is 0. The molecule has 0 atom stereocenters. The van der Waals surface area contributed by atoms with Gasteiger partial charge in [-0.2, -0.15) is 0 Å². The van der Waals surface area contributed by atoms with Gasteiger partial charge in [-0.3, -0.25) is 0 Å². The number of sulfonamides is 1. The highest BCUT2D eigenvalue weighted by Gasteiger charge is 2.08. The zero-order chi connectivity index (χ0) is 7.78. The Hall–Kier alpha value is -0.390. The lowest BCUT2D eigenvalue weighted by Crippen LogP contribution is -2.09. The summed E-state index contributed by atoms with van der Waals surface area (Å²) in [4.78, 5) is 0.698. The van der Waals surface area contributed by atoms with E-state index in [-0.39, 0.29) is 4.21 Å². The molecule has 1 radical (unpaired) electrons. The molecule has 0 bridgehead atoms. The van der Waals surface area contributed by atoms with Crippen LogP contribution in [0.1, 0.15) is 4.88 Å². The second-order valence-electron chi connectivity index (χ2n) is 1.77. The zero-order valence-corrected chi connectivity index (χ0v) is 6.71. The van der Waals surface area contributed by atoms with E-state index in [2.05, 4.69) is 6.92 Å². The molecule has 0 aliphatic heterocycles. The van der Waals surface area contributed by atoms with Gasteiger partial charge in [0.2, 0.25) is 10.0 Å². The lowest BCUT2D eigenvalue weighted by Gasteiger charge is -1.87. The van der Waals surface area contributed by atoms with Crippen molar-refractivity contribution in [2.75, 3.05) is 0 Å². The van der Waals surface area contributed by atoms with E-state index in [1.807, 2.05) is 0 Å². The van der Waals surface area contributed by atoms with Gasteiger partial charge in [0, 0.05) is 4.88 Å². The number of nitrogens with two attached hydrogens (primary N) is 1. The van der Waals surface area contributed by atoms with E-state index in [4.69, 9.17) is 5.14 Å². The topological polar surface area (TPSA) is 60.2 Å². The molecule has 1 rings (SSSR count). The van der Waals surface area contributed by atoms with Crippen LogP contribution in [-0.2, 0) is 10.0 Å². The number of thiophene rings is 1. The molecule has 3 nitrogen and oxygen atoms in total. The van der Waals surface area contributed by atoms with E-state index in [0.717, 1.165) is 11.3 Å². The Kier molecular flexibility index (Phi) is 1.80. The Morgan fingerprint density at radius 1 is 1.50 bits per heavy atom. The fraction of sp³-hybridized carbons (Fsp3) is 0. The van der Waals surface area contributed by atoms with E-state index < -0.39 is 10.0 Å². The molecule has 55 valence electrons. The smallest absolute Gasteiger partial charge is 0.224 e. The summed E-state index contributed by atoms with van der Waals surface area (Å²) in [5.74, 6) is 0. The van der Waals surface area contributed by atoms with Crippen molar-refractivity contribution in [3.05, 3.63) is 23.9 Å². The molecule has 0 aromatic carbocycles. The highest BCUT2D eigenvalue weighted by molar-refractivity contribution is 7.91. The van der Waals surface area contributed by atoms with Crippen molar-refractivity contribution in [1.29, 1.82) is 0 Å². The average molecular weight is 176 g/mol. The first-order chi connectivity index (χ1) is 4.50. The van der Waals surface area contributed by atoms with E-state index >= 15 is 0 Å². The van der Waals surface area contributed by atoms with E-state index in [1.54, 1.807) is 6.07 Å². The van der Waals surface area contributed by atoms with Crippen LogP contribution in [0, 0.1) is 6.92 Å². The van der Waals surface area contributed by atoms with Crippen LogP contribution in [0.15, 0.2) is 16.3 Å². The minimum atomic E-state index is -3.50. The van der Waals surface area contributed by atoms with Gasteiger partial charge in [0.25, 0.3) is 0 Å². The van der Waals surface area contributed by atoms with Crippen LogP contribution in [-0.4, -0.2) is 8.42 Å². The third kappa shape index (κ3) is 1.56. The quantitative estimate of drug-likeness (QED) is 0.680. The first-order valence-electron chi connectivity index (χ1n) is 2.45. The standard InChI is InChI=1S/C5H6NO2S2/c1-4-2-3-5(9-4)10(6,7)8/h2-3H,1H2,(H2,6,7,8). The molecular weight excluding hydrogens is 170 g/mol. The van der Waals surface area contributed by atoms with E-state index in [9.17, 15) is 8.42 Å². The third-order valence-corrected chi connectivity index (χ3v) is 3.30. The van der Waals surface area contributed by atoms with Gasteiger partial charge in [-0.25, -0.2) is 13.6 Å². The lowest BCUT2D eigenvalue weighted by molar-refractivity contribution is 0.600. The van der Waals surface area contributed by atoms with Crippen LogP contribution >= 0.6 is 11.3 Å². The van der Waals surface area contributed by atoms with Gasteiger partial charge in [0.05, 0.1) is 0 Å². The summed E-state index contributed by atoms with van der Waals surface area (Å²) < 4.78 is 21.4. The molecule has 10 heavy (non-hydrogen) atoms. The SMILES string of the molecule is [CH2]c1ccc(S(N)(=O)=O)s1. The van der Waals surface area contributed by atoms with Crippen LogP contribution in [0.2, 0.25) is 0 Å². The monoisotopic (exact) mass is 176 g/mol. The van der Waals surface area contributed by atoms with Crippen LogP contribution in [0.4, 0.5) is 0 Å². The summed E-state index contributed by atoms with van der Waals surface area (Å²) in [5, 5.41) is 4.82. The van der Waals surface area contributed by atoms with Gasteiger partial charge in [-0.15, -0.1) is 11.3 Å². The Balaban J connectivity index is 3.21. The normalized spacial score (nSPS) is 11.8. The lowest BCUT2D eigenvalue weighted by atomic mass is 10.5. The van der Waals surface area contributed by atoms with Gasteiger partial charge >= 0.3 is 0 Å². The van der Waals surface area contributed by atoms with Crippen molar-refractivity contribution in [3.8, 4) is 0 Å². The fourth-order valence-corrected chi connectivity index (χ4v) is 2.09. The van der Waals surface area contributed by atoms with Gasteiger partial charge in [0.15, 0.2) is 0 Å². The molecule has 0 saturated heterocycles. The number of hydrogen-bond acceptors (Lipinski definition) is 3. The second kappa shape index (κ2) is 2.34. The molecule has 1 heterocycles. The van der Waals surface area contributed by atoms with Gasteiger partial charge in [-0.05, 0) is 19.1 Å². The first-order valence-corrected chi connectivity index (χ1v) is 4.81. The molecule has 5 heteroatoms. The van der Waals surface area contributed by atoms with Crippen LogP contribution in [0.25, 0.3) is 0 Å². The molecule has 0 amide bonds. The number of rotatable bonds is 1. The third-order valence-electron chi connectivity index (χ3n) is 0.917. The zero-order valence-electron chi connectivity index (χ0n) is 5.07. The average Bonchev–Trinajstić information content (AvgIpc) is 2.11. The Morgan fingerprint density at radius 3 is 2.30 bits per heavy atom. The molecule has 0 saturated carbocycles. The molecule has 1 aromatic heterocycles. The minimum absolute atomic E-state index is 0.164. The number of hydrogen-bond donors (Lipinski definition) is 1. The maximum absolute atomic E-state index is 10.6. The van der Waals surface area contributed by atoms with E-state index in [1.165, 1.54) is 6.07 Å². The predicted octanol–water partition coefficient (Wildman–Crippen LogP) is 0.578. The van der Waals surface area contributed by atoms with E-state index in [0.29, 0.717) is 4.88 Å². The summed E-state index contributed by atoms with van der Waals surface area (Å²) in [7, 11) is -3.50. The maximum atomic E-state index is 10.6. The highest BCUT2D eigenvalue weighted by Crippen LogP contribution is 2.18. The Bertz CT molecular complexity index is 325. The minimum Gasteiger partial charge on any atom is -0.224 e. The molecular formula is C5H6NO2S2. The predicted molar refractivity (Wildman–Crippen MR) is 40.2 cm³/mol. The van der Waals surface area contributed by atoms with Crippen LogP contribution < -0.4 is 5.14 Å².